The van der Waals surface area contributed by atoms with Gasteiger partial charge in [0.25, 0.3) is 0 Å². The minimum Gasteiger partial charge on any atom is -0.550 e. The summed E-state index contributed by atoms with van der Waals surface area (Å²) in [5.41, 5.74) is 0. The van der Waals surface area contributed by atoms with Crippen molar-refractivity contribution in [2.75, 3.05) is 0 Å². The zero-order chi connectivity index (χ0) is 44.7. The van der Waals surface area contributed by atoms with Crippen LogP contribution in [0.3, 0.4) is 0 Å². The lowest BCUT2D eigenvalue weighted by Gasteiger charge is -2.01. The average molecular weight is 871 g/mol. The number of rotatable bonds is 45. The van der Waals surface area contributed by atoms with Crippen LogP contribution in [0.1, 0.15) is 290 Å². The van der Waals surface area contributed by atoms with Gasteiger partial charge in [-0.1, -0.05) is 211 Å². The molecule has 7 heteroatoms. The van der Waals surface area contributed by atoms with Crippen LogP contribution in [0.4, 0.5) is 0 Å². The van der Waals surface area contributed by atoms with Crippen molar-refractivity contribution in [3.63, 3.8) is 0 Å². The lowest BCUT2D eigenvalue weighted by molar-refractivity contribution is -0.307. The molecule has 3 radical (unpaired) electrons. The molecule has 0 fully saturated rings. The summed E-state index contributed by atoms with van der Waals surface area (Å²) < 4.78 is 0. The number of allylic oxidation sites excluding steroid dienone is 6. The molecule has 0 rings (SSSR count). The van der Waals surface area contributed by atoms with E-state index in [0.717, 1.165) is 57.8 Å². The number of hydrogen-bond acceptors (Lipinski definition) is 6. The Morgan fingerprint density at radius 3 is 0.574 bits per heavy atom. The molecule has 0 amide bonds. The van der Waals surface area contributed by atoms with E-state index in [0.29, 0.717) is 0 Å². The van der Waals surface area contributed by atoms with Gasteiger partial charge in [-0.05, 0) is 116 Å². The van der Waals surface area contributed by atoms with Crippen LogP contribution in [0.2, 0.25) is 0 Å². The van der Waals surface area contributed by atoms with Crippen molar-refractivity contribution in [3.8, 4) is 0 Å². The highest BCUT2D eigenvalue weighted by Gasteiger charge is 1.94. The van der Waals surface area contributed by atoms with Crippen molar-refractivity contribution < 1.29 is 29.7 Å². The maximum atomic E-state index is 10.2. The quantitative estimate of drug-likeness (QED) is 0.0341. The van der Waals surface area contributed by atoms with E-state index >= 15 is 0 Å². The van der Waals surface area contributed by atoms with Gasteiger partial charge in [-0.15, -0.1) is 0 Å². The number of carbonyl (C=O) groups is 3. The molecule has 0 aromatic rings. The lowest BCUT2D eigenvalue weighted by Crippen LogP contribution is -2.21. The van der Waals surface area contributed by atoms with Crippen molar-refractivity contribution in [2.45, 2.75) is 290 Å². The van der Waals surface area contributed by atoms with E-state index in [1.54, 1.807) is 0 Å². The predicted octanol–water partition coefficient (Wildman–Crippen LogP) is 13.9. The molecule has 0 heterocycles. The molecular weight excluding hydrogens is 772 g/mol. The molecule has 0 aromatic heterocycles. The highest BCUT2D eigenvalue weighted by Crippen LogP contribution is 2.13. The standard InChI is InChI=1S/3C18H34O2.Al/c3*1-2-3-4-5-6-7-8-9-10-11-12-13-14-15-16-17-18(19)20;/h3*9-10H,2-8,11-17H2,1H3,(H,19,20);/p-3. The summed E-state index contributed by atoms with van der Waals surface area (Å²) in [5.74, 6) is -2.74. The smallest absolute Gasteiger partial charge is 0.0414 e. The second-order valence-electron chi connectivity index (χ2n) is 17.1. The zero-order valence-corrected chi connectivity index (χ0v) is 41.8. The van der Waals surface area contributed by atoms with Gasteiger partial charge in [0.1, 0.15) is 0 Å². The van der Waals surface area contributed by atoms with Gasteiger partial charge in [0.15, 0.2) is 0 Å². The summed E-state index contributed by atoms with van der Waals surface area (Å²) in [5, 5.41) is 30.6. The molecule has 0 saturated carbocycles. The summed E-state index contributed by atoms with van der Waals surface area (Å²) in [6.45, 7) is 6.77. The highest BCUT2D eigenvalue weighted by atomic mass is 27.0. The predicted molar refractivity (Wildman–Crippen MR) is 259 cm³/mol. The first-order valence-corrected chi connectivity index (χ1v) is 25.9. The van der Waals surface area contributed by atoms with E-state index in [-0.39, 0.29) is 36.6 Å². The van der Waals surface area contributed by atoms with Gasteiger partial charge in [-0.25, -0.2) is 0 Å². The third-order valence-corrected chi connectivity index (χ3v) is 10.9. The van der Waals surface area contributed by atoms with Gasteiger partial charge in [0.2, 0.25) is 0 Å². The fourth-order valence-corrected chi connectivity index (χ4v) is 7.02. The van der Waals surface area contributed by atoms with Gasteiger partial charge in [0.05, 0.1) is 0 Å². The molecule has 0 aromatic carbocycles. The Labute approximate surface area is 390 Å². The van der Waals surface area contributed by atoms with Crippen LogP contribution in [-0.2, 0) is 14.4 Å². The molecule has 0 saturated heterocycles. The van der Waals surface area contributed by atoms with E-state index in [1.807, 2.05) is 0 Å². The first-order valence-electron chi connectivity index (χ1n) is 25.9. The third-order valence-electron chi connectivity index (χ3n) is 10.9. The van der Waals surface area contributed by atoms with Gasteiger partial charge >= 0.3 is 0 Å². The first kappa shape index (κ1) is 65.8. The number of carbonyl (C=O) groups excluding carboxylic acids is 3. The average Bonchev–Trinajstić information content (AvgIpc) is 3.22. The minimum atomic E-state index is -0.914. The highest BCUT2D eigenvalue weighted by molar-refractivity contribution is 5.75. The van der Waals surface area contributed by atoms with Crippen LogP contribution in [0.5, 0.6) is 0 Å². The minimum absolute atomic E-state index is 0. The Hall–Kier alpha value is -1.84. The molecule has 0 aliphatic heterocycles. The second-order valence-corrected chi connectivity index (χ2v) is 17.1. The molecular formula is C54H99AlO6-3. The van der Waals surface area contributed by atoms with Gasteiger partial charge in [0, 0.05) is 35.3 Å². The van der Waals surface area contributed by atoms with E-state index in [9.17, 15) is 29.7 Å². The Balaban J connectivity index is -0.000000396. The van der Waals surface area contributed by atoms with Crippen LogP contribution >= 0.6 is 0 Å². The first-order chi connectivity index (χ1) is 29.3. The van der Waals surface area contributed by atoms with E-state index in [4.69, 9.17) is 0 Å². The molecule has 0 aliphatic rings. The van der Waals surface area contributed by atoms with Crippen LogP contribution in [-0.4, -0.2) is 35.3 Å². The van der Waals surface area contributed by atoms with Gasteiger partial charge in [-0.2, -0.15) is 0 Å². The molecule has 0 unspecified atom stereocenters. The number of hydrogen-bond donors (Lipinski definition) is 0. The SMILES string of the molecule is CCCCCCCCC=CCCCCCCCC(=O)[O-].CCCCCCCCC=CCCCCCCCC(=O)[O-].CCCCCCCCC=CCCCCCCCC(=O)[O-].[Al]. The topological polar surface area (TPSA) is 120 Å². The fourth-order valence-electron chi connectivity index (χ4n) is 7.02. The summed E-state index contributed by atoms with van der Waals surface area (Å²) in [7, 11) is 0. The van der Waals surface area contributed by atoms with Gasteiger partial charge in [-0.3, -0.25) is 0 Å². The molecule has 0 N–H and O–H groups in total. The number of aliphatic carboxylic acids is 3. The Kier molecular flexibility index (Phi) is 67.3. The molecule has 6 nitrogen and oxygen atoms in total. The third kappa shape index (κ3) is 75.9. The normalized spacial score (nSPS) is 11.1. The van der Waals surface area contributed by atoms with Crippen molar-refractivity contribution in [2.24, 2.45) is 0 Å². The maximum absolute atomic E-state index is 10.2. The lowest BCUT2D eigenvalue weighted by atomic mass is 10.1. The summed E-state index contributed by atoms with van der Waals surface area (Å²) >= 11 is 0. The molecule has 357 valence electrons. The number of carboxylic acids is 3. The summed E-state index contributed by atoms with van der Waals surface area (Å²) in [6.07, 6.45) is 62.7. The molecule has 0 spiro atoms. The van der Waals surface area contributed by atoms with Crippen molar-refractivity contribution in [1.29, 1.82) is 0 Å². The molecule has 0 aliphatic carbocycles. The largest absolute Gasteiger partial charge is 0.550 e. The van der Waals surface area contributed by atoms with Crippen molar-refractivity contribution >= 4 is 35.3 Å². The van der Waals surface area contributed by atoms with Crippen molar-refractivity contribution in [1.82, 2.24) is 0 Å². The Bertz CT molecular complexity index is 827. The van der Waals surface area contributed by atoms with Crippen LogP contribution in [0, 0.1) is 0 Å². The van der Waals surface area contributed by atoms with Gasteiger partial charge < -0.3 is 29.7 Å². The maximum Gasteiger partial charge on any atom is 0.0414 e. The van der Waals surface area contributed by atoms with Crippen molar-refractivity contribution in [3.05, 3.63) is 36.5 Å². The number of unbranched alkanes of at least 4 members (excludes halogenated alkanes) is 33. The fraction of sp³-hybridized carbons (Fsp3) is 0.833. The van der Waals surface area contributed by atoms with Crippen LogP contribution < -0.4 is 15.3 Å². The van der Waals surface area contributed by atoms with E-state index in [2.05, 4.69) is 57.2 Å². The number of carboxylic acid groups (broad SMARTS) is 3. The molecule has 61 heavy (non-hydrogen) atoms. The van der Waals surface area contributed by atoms with E-state index < -0.39 is 17.9 Å². The summed E-state index contributed by atoms with van der Waals surface area (Å²) in [6, 6.07) is 0. The molecule has 0 bridgehead atoms. The van der Waals surface area contributed by atoms with Crippen LogP contribution in [0.15, 0.2) is 36.5 Å². The zero-order valence-electron chi connectivity index (χ0n) is 40.7. The van der Waals surface area contributed by atoms with E-state index in [1.165, 1.54) is 193 Å². The van der Waals surface area contributed by atoms with Crippen LogP contribution in [0.25, 0.3) is 0 Å². The molecule has 0 atom stereocenters. The monoisotopic (exact) mass is 871 g/mol. The Morgan fingerprint density at radius 1 is 0.262 bits per heavy atom. The summed E-state index contributed by atoms with van der Waals surface area (Å²) in [4.78, 5) is 30.6. The Morgan fingerprint density at radius 2 is 0.410 bits per heavy atom. The second kappa shape index (κ2) is 62.5.